The molecule has 0 aliphatic carbocycles. The minimum atomic E-state index is -4.72. The van der Waals surface area contributed by atoms with Crippen LogP contribution in [0.3, 0.4) is 0 Å². The number of halogens is 5. The molecule has 0 radical (unpaired) electrons. The van der Waals surface area contributed by atoms with E-state index in [4.69, 9.17) is 33.8 Å². The number of hydrogen-bond donors (Lipinski definition) is 1. The van der Waals surface area contributed by atoms with Crippen molar-refractivity contribution in [3.63, 3.8) is 0 Å². The van der Waals surface area contributed by atoms with Crippen LogP contribution in [0.2, 0.25) is 10.0 Å². The van der Waals surface area contributed by atoms with Gasteiger partial charge in [0.15, 0.2) is 0 Å². The maximum atomic E-state index is 13.5. The fourth-order valence-electron chi connectivity index (χ4n) is 3.83. The zero-order valence-electron chi connectivity index (χ0n) is 16.5. The monoisotopic (exact) mass is 504 g/mol. The number of carbonyl (C=O) groups excluding carboxylic acids is 1. The van der Waals surface area contributed by atoms with E-state index in [1.54, 1.807) is 13.0 Å². The van der Waals surface area contributed by atoms with Gasteiger partial charge in [0.1, 0.15) is 6.04 Å². The summed E-state index contributed by atoms with van der Waals surface area (Å²) in [6.07, 6.45) is -3.77. The van der Waals surface area contributed by atoms with Gasteiger partial charge in [-0.25, -0.2) is 0 Å². The molecule has 1 amide bonds. The summed E-state index contributed by atoms with van der Waals surface area (Å²) in [5, 5.41) is 1.32. The van der Waals surface area contributed by atoms with E-state index in [1.807, 2.05) is 0 Å². The molecule has 2 N–H and O–H groups in total. The Balaban J connectivity index is 1.81. The van der Waals surface area contributed by atoms with Gasteiger partial charge in [0.25, 0.3) is 0 Å². The molecule has 11 heteroatoms. The van der Waals surface area contributed by atoms with E-state index < -0.39 is 34.7 Å². The number of anilines is 1. The number of nitrogens with two attached hydrogens (primary N) is 1. The molecule has 32 heavy (non-hydrogen) atoms. The smallest absolute Gasteiger partial charge is 0.374 e. The number of primary amides is 1. The first-order valence-electron chi connectivity index (χ1n) is 9.49. The average molecular weight is 505 g/mol. The molecule has 2 aromatic carbocycles. The molecular weight excluding hydrogens is 488 g/mol. The number of benzene rings is 2. The quantitative estimate of drug-likeness (QED) is 0.615. The van der Waals surface area contributed by atoms with Crippen LogP contribution in [0.25, 0.3) is 0 Å². The van der Waals surface area contributed by atoms with Gasteiger partial charge in [0.05, 0.1) is 5.69 Å². The van der Waals surface area contributed by atoms with Crippen LogP contribution in [0.4, 0.5) is 18.9 Å². The lowest BCUT2D eigenvalue weighted by atomic mass is 9.89. The van der Waals surface area contributed by atoms with Gasteiger partial charge in [0, 0.05) is 43.3 Å². The number of rotatable bonds is 4. The Hall–Kier alpha value is -2.23. The first-order valence-corrected chi connectivity index (χ1v) is 11.6. The van der Waals surface area contributed by atoms with E-state index >= 15 is 0 Å². The van der Waals surface area contributed by atoms with E-state index in [0.717, 1.165) is 11.1 Å². The van der Waals surface area contributed by atoms with Crippen molar-refractivity contribution >= 4 is 45.6 Å². The fourth-order valence-corrected chi connectivity index (χ4v) is 5.72. The van der Waals surface area contributed by atoms with Crippen molar-refractivity contribution in [3.05, 3.63) is 75.0 Å². The number of hydroxylamine groups is 1. The maximum Gasteiger partial charge on any atom is 0.451 e. The van der Waals surface area contributed by atoms with Gasteiger partial charge in [-0.1, -0.05) is 42.3 Å². The molecule has 1 fully saturated rings. The van der Waals surface area contributed by atoms with Crippen LogP contribution in [0.15, 0.2) is 48.2 Å². The zero-order chi connectivity index (χ0) is 23.4. The summed E-state index contributed by atoms with van der Waals surface area (Å²) in [6, 6.07) is 7.96. The Bertz CT molecular complexity index is 1140. The molecule has 0 aromatic heterocycles. The molecule has 4 atom stereocenters. The van der Waals surface area contributed by atoms with Crippen molar-refractivity contribution in [1.29, 1.82) is 0 Å². The van der Waals surface area contributed by atoms with Gasteiger partial charge in [-0.3, -0.25) is 9.00 Å². The maximum absolute atomic E-state index is 13.5. The highest BCUT2D eigenvalue weighted by molar-refractivity contribution is 7.87. The molecule has 4 rings (SSSR count). The Morgan fingerprint density at radius 3 is 2.38 bits per heavy atom. The molecule has 2 aromatic rings. The van der Waals surface area contributed by atoms with Gasteiger partial charge in [0.2, 0.25) is 11.7 Å². The number of alkyl halides is 3. The molecule has 5 nitrogen and oxygen atoms in total. The number of hydrogen-bond acceptors (Lipinski definition) is 4. The summed E-state index contributed by atoms with van der Waals surface area (Å²) in [7, 11) is -1.03. The van der Waals surface area contributed by atoms with Gasteiger partial charge in [-0.2, -0.15) is 18.2 Å². The van der Waals surface area contributed by atoms with Crippen molar-refractivity contribution in [2.24, 2.45) is 5.73 Å². The summed E-state index contributed by atoms with van der Waals surface area (Å²) in [5.41, 5.74) is 6.97. The molecular formula is C21H17Cl2F3N2O3S. The summed E-state index contributed by atoms with van der Waals surface area (Å²) < 4.78 is 52.3. The normalized spacial score (nSPS) is 25.2. The Labute approximate surface area is 194 Å². The van der Waals surface area contributed by atoms with Crippen molar-refractivity contribution in [2.45, 2.75) is 30.3 Å². The Morgan fingerprint density at radius 2 is 1.84 bits per heavy atom. The second-order valence-electron chi connectivity index (χ2n) is 7.59. The van der Waals surface area contributed by atoms with E-state index in [-0.39, 0.29) is 32.5 Å². The molecule has 1 saturated heterocycles. The molecule has 0 spiro atoms. The molecule has 0 bridgehead atoms. The second kappa shape index (κ2) is 8.28. The minimum absolute atomic E-state index is 0.194. The Kier molecular flexibility index (Phi) is 5.94. The van der Waals surface area contributed by atoms with Crippen LogP contribution >= 0.6 is 23.2 Å². The van der Waals surface area contributed by atoms with Crippen LogP contribution < -0.4 is 10.8 Å². The highest BCUT2D eigenvalue weighted by Gasteiger charge is 2.45. The standard InChI is InChI=1S/C21H17Cl2F3N2O3S/c1-10-17(9-32(10)30)16-4-11(2-3-15(16)20(27)29)18-8-19(21(24,25)26)31-28(18)14-6-12(22)5-13(23)7-14/h2-8,10,17-18H,9H2,1H3,(H2,27,29). The topological polar surface area (TPSA) is 72.6 Å². The van der Waals surface area contributed by atoms with Gasteiger partial charge < -0.3 is 10.6 Å². The predicted octanol–water partition coefficient (Wildman–Crippen LogP) is 5.27. The lowest BCUT2D eigenvalue weighted by molar-refractivity contribution is -0.129. The van der Waals surface area contributed by atoms with E-state index in [9.17, 15) is 22.2 Å². The predicted molar refractivity (Wildman–Crippen MR) is 117 cm³/mol. The molecule has 170 valence electrons. The molecule has 4 unspecified atom stereocenters. The third kappa shape index (κ3) is 4.21. The highest BCUT2D eigenvalue weighted by atomic mass is 35.5. The first-order chi connectivity index (χ1) is 15.0. The second-order valence-corrected chi connectivity index (χ2v) is 10.3. The van der Waals surface area contributed by atoms with Crippen molar-refractivity contribution in [1.82, 2.24) is 0 Å². The third-order valence-corrected chi connectivity index (χ3v) is 7.83. The lowest BCUT2D eigenvalue weighted by Gasteiger charge is -2.35. The summed E-state index contributed by atoms with van der Waals surface area (Å²) in [6.45, 7) is 1.79. The minimum Gasteiger partial charge on any atom is -0.374 e. The average Bonchev–Trinajstić information content (AvgIpc) is 3.16. The molecule has 2 aliphatic rings. The zero-order valence-corrected chi connectivity index (χ0v) is 18.9. The number of amides is 1. The Morgan fingerprint density at radius 1 is 1.19 bits per heavy atom. The molecule has 0 saturated carbocycles. The van der Waals surface area contributed by atoms with E-state index in [2.05, 4.69) is 0 Å². The van der Waals surface area contributed by atoms with Gasteiger partial charge in [-0.15, -0.1) is 0 Å². The number of carbonyl (C=O) groups is 1. The molecule has 2 aliphatic heterocycles. The first kappa shape index (κ1) is 22.9. The fraction of sp³-hybridized carbons (Fsp3) is 0.286. The molecule has 2 heterocycles. The largest absolute Gasteiger partial charge is 0.451 e. The summed E-state index contributed by atoms with van der Waals surface area (Å²) >= 11 is 12.1. The highest BCUT2D eigenvalue weighted by Crippen LogP contribution is 2.44. The van der Waals surface area contributed by atoms with Crippen LogP contribution in [0, 0.1) is 0 Å². The van der Waals surface area contributed by atoms with Crippen LogP contribution in [-0.2, 0) is 15.6 Å². The van der Waals surface area contributed by atoms with Crippen molar-refractivity contribution < 1.29 is 27.0 Å². The SMILES string of the molecule is CC1C(c2cc(C3C=C(C(F)(F)F)ON3c3cc(Cl)cc(Cl)c3)ccc2C(N)=O)CS1=O. The number of nitrogens with zero attached hydrogens (tertiary/aromatic N) is 1. The van der Waals surface area contributed by atoms with Crippen LogP contribution in [-0.4, -0.2) is 27.3 Å². The number of allylic oxidation sites excluding steroid dienone is 1. The summed E-state index contributed by atoms with van der Waals surface area (Å²) in [5.74, 6) is -1.69. The summed E-state index contributed by atoms with van der Waals surface area (Å²) in [4.78, 5) is 17.1. The van der Waals surface area contributed by atoms with Crippen LogP contribution in [0.1, 0.15) is 40.4 Å². The van der Waals surface area contributed by atoms with Crippen LogP contribution in [0.5, 0.6) is 0 Å². The van der Waals surface area contributed by atoms with Crippen molar-refractivity contribution in [2.75, 3.05) is 10.8 Å². The van der Waals surface area contributed by atoms with E-state index in [0.29, 0.717) is 16.9 Å². The van der Waals surface area contributed by atoms with Crippen molar-refractivity contribution in [3.8, 4) is 0 Å². The van der Waals surface area contributed by atoms with Gasteiger partial charge >= 0.3 is 6.18 Å². The third-order valence-electron chi connectivity index (χ3n) is 5.55. The lowest BCUT2D eigenvalue weighted by Crippen LogP contribution is -2.39. The van der Waals surface area contributed by atoms with Gasteiger partial charge in [-0.05, 0) is 41.5 Å². The van der Waals surface area contributed by atoms with E-state index in [1.165, 1.54) is 30.3 Å².